The van der Waals surface area contributed by atoms with Crippen molar-refractivity contribution in [1.82, 2.24) is 14.5 Å². The van der Waals surface area contributed by atoms with Gasteiger partial charge in [0.25, 0.3) is 11.5 Å². The number of rotatable bonds is 5. The molecule has 0 saturated carbocycles. The fraction of sp³-hybridized carbons (Fsp3) is 0.500. The Morgan fingerprint density at radius 2 is 2.11 bits per heavy atom. The molecule has 0 unspecified atom stereocenters. The van der Waals surface area contributed by atoms with E-state index in [1.54, 1.807) is 23.9 Å². The molecule has 144 valence electrons. The lowest BCUT2D eigenvalue weighted by Crippen LogP contribution is -2.46. The van der Waals surface area contributed by atoms with Gasteiger partial charge in [-0.05, 0) is 69.2 Å². The minimum Gasteiger partial charge on any atom is -0.335 e. The molecule has 2 aromatic heterocycles. The minimum atomic E-state index is -0.184. The highest BCUT2D eigenvalue weighted by Crippen LogP contribution is 2.23. The van der Waals surface area contributed by atoms with E-state index in [-0.39, 0.29) is 17.5 Å². The maximum absolute atomic E-state index is 13.2. The fourth-order valence-electron chi connectivity index (χ4n) is 4.18. The molecule has 1 amide bonds. The Morgan fingerprint density at radius 3 is 2.81 bits per heavy atom. The van der Waals surface area contributed by atoms with Crippen molar-refractivity contribution >= 4 is 5.91 Å². The van der Waals surface area contributed by atoms with Crippen molar-refractivity contribution < 1.29 is 4.79 Å². The molecule has 3 rings (SSSR count). The van der Waals surface area contributed by atoms with Crippen LogP contribution in [0.4, 0.5) is 0 Å². The molecule has 0 aliphatic carbocycles. The van der Waals surface area contributed by atoms with Gasteiger partial charge in [0, 0.05) is 37.2 Å². The summed E-state index contributed by atoms with van der Waals surface area (Å²) in [7, 11) is 1.76. The number of nitrogens with zero attached hydrogens (tertiary/aromatic N) is 3. The van der Waals surface area contributed by atoms with Crippen LogP contribution in [0, 0.1) is 6.92 Å². The molecular weight excluding hydrogens is 338 g/mol. The van der Waals surface area contributed by atoms with Crippen LogP contribution in [-0.2, 0) is 19.9 Å². The second-order valence-electron chi connectivity index (χ2n) is 7.41. The second kappa shape index (κ2) is 8.51. The molecule has 0 radical (unpaired) electrons. The number of aryl methyl sites for hydroxylation is 2. The summed E-state index contributed by atoms with van der Waals surface area (Å²) in [6.45, 7) is 4.73. The molecule has 3 heterocycles. The third-order valence-corrected chi connectivity index (χ3v) is 5.67. The summed E-state index contributed by atoms with van der Waals surface area (Å²) in [4.78, 5) is 32.3. The van der Waals surface area contributed by atoms with Gasteiger partial charge in [-0.2, -0.15) is 0 Å². The smallest absolute Gasteiger partial charge is 0.263 e. The monoisotopic (exact) mass is 367 g/mol. The number of piperidine rings is 1. The molecule has 5 heteroatoms. The van der Waals surface area contributed by atoms with Gasteiger partial charge in [-0.1, -0.05) is 13.0 Å². The first-order chi connectivity index (χ1) is 13.0. The Balaban J connectivity index is 1.82. The molecular formula is C22H29N3O2. The van der Waals surface area contributed by atoms with Crippen LogP contribution in [0.1, 0.15) is 59.9 Å². The van der Waals surface area contributed by atoms with E-state index in [4.69, 9.17) is 0 Å². The topological polar surface area (TPSA) is 55.2 Å². The number of hydrogen-bond donors (Lipinski definition) is 0. The van der Waals surface area contributed by atoms with E-state index >= 15 is 0 Å². The highest BCUT2D eigenvalue weighted by Gasteiger charge is 2.29. The molecule has 0 bridgehead atoms. The van der Waals surface area contributed by atoms with Crippen molar-refractivity contribution in [3.8, 4) is 0 Å². The van der Waals surface area contributed by atoms with Crippen LogP contribution in [0.25, 0.3) is 0 Å². The van der Waals surface area contributed by atoms with Crippen LogP contribution in [0.5, 0.6) is 0 Å². The van der Waals surface area contributed by atoms with E-state index in [1.165, 1.54) is 0 Å². The van der Waals surface area contributed by atoms with Crippen LogP contribution in [0.2, 0.25) is 0 Å². The van der Waals surface area contributed by atoms with Crippen molar-refractivity contribution in [2.45, 2.75) is 58.4 Å². The molecule has 0 spiro atoms. The van der Waals surface area contributed by atoms with Gasteiger partial charge >= 0.3 is 0 Å². The summed E-state index contributed by atoms with van der Waals surface area (Å²) in [6.07, 6.45) is 7.44. The zero-order valence-corrected chi connectivity index (χ0v) is 16.6. The van der Waals surface area contributed by atoms with Crippen LogP contribution in [0.3, 0.4) is 0 Å². The van der Waals surface area contributed by atoms with Gasteiger partial charge < -0.3 is 9.47 Å². The SMILES string of the molecule is CCc1c(C)cc(C(=O)N2CCCC[C@@H]2CCc2ccccn2)c(=O)n1C. The molecule has 1 aliphatic rings. The normalized spacial score (nSPS) is 17.1. The Kier molecular flexibility index (Phi) is 6.09. The van der Waals surface area contributed by atoms with Crippen molar-refractivity contribution in [3.63, 3.8) is 0 Å². The van der Waals surface area contributed by atoms with Crippen LogP contribution < -0.4 is 5.56 Å². The molecule has 2 aromatic rings. The summed E-state index contributed by atoms with van der Waals surface area (Å²) >= 11 is 0. The summed E-state index contributed by atoms with van der Waals surface area (Å²) in [6, 6.07) is 7.89. The van der Waals surface area contributed by atoms with Gasteiger partial charge in [-0.15, -0.1) is 0 Å². The third kappa shape index (κ3) is 4.12. The Morgan fingerprint density at radius 1 is 1.30 bits per heavy atom. The Bertz CT molecular complexity index is 858. The predicted molar refractivity (Wildman–Crippen MR) is 107 cm³/mol. The van der Waals surface area contributed by atoms with E-state index in [2.05, 4.69) is 4.98 Å². The van der Waals surface area contributed by atoms with Crippen molar-refractivity contribution in [1.29, 1.82) is 0 Å². The zero-order chi connectivity index (χ0) is 19.4. The first-order valence-electron chi connectivity index (χ1n) is 9.93. The number of likely N-dealkylation sites (tertiary alicyclic amines) is 1. The maximum atomic E-state index is 13.2. The minimum absolute atomic E-state index is 0.118. The lowest BCUT2D eigenvalue weighted by Gasteiger charge is -2.36. The van der Waals surface area contributed by atoms with E-state index < -0.39 is 0 Å². The molecule has 5 nitrogen and oxygen atoms in total. The predicted octanol–water partition coefficient (Wildman–Crippen LogP) is 3.28. The highest BCUT2D eigenvalue weighted by atomic mass is 16.2. The molecule has 27 heavy (non-hydrogen) atoms. The van der Waals surface area contributed by atoms with Gasteiger partial charge in [-0.25, -0.2) is 0 Å². The van der Waals surface area contributed by atoms with Gasteiger partial charge in [0.2, 0.25) is 0 Å². The highest BCUT2D eigenvalue weighted by molar-refractivity contribution is 5.94. The van der Waals surface area contributed by atoms with Crippen molar-refractivity contribution in [2.24, 2.45) is 7.05 Å². The van der Waals surface area contributed by atoms with Gasteiger partial charge in [-0.3, -0.25) is 14.6 Å². The van der Waals surface area contributed by atoms with E-state index in [9.17, 15) is 9.59 Å². The van der Waals surface area contributed by atoms with Gasteiger partial charge in [0.05, 0.1) is 0 Å². The number of aromatic nitrogens is 2. The molecule has 1 saturated heterocycles. The Hall–Kier alpha value is -2.43. The van der Waals surface area contributed by atoms with E-state index in [0.717, 1.165) is 62.0 Å². The van der Waals surface area contributed by atoms with Gasteiger partial charge in [0.15, 0.2) is 0 Å². The maximum Gasteiger partial charge on any atom is 0.263 e. The number of hydrogen-bond acceptors (Lipinski definition) is 3. The largest absolute Gasteiger partial charge is 0.335 e. The molecule has 1 fully saturated rings. The molecule has 1 atom stereocenters. The first-order valence-corrected chi connectivity index (χ1v) is 9.93. The molecule has 0 N–H and O–H groups in total. The lowest BCUT2D eigenvalue weighted by atomic mass is 9.96. The van der Waals surface area contributed by atoms with Crippen LogP contribution >= 0.6 is 0 Å². The summed E-state index contributed by atoms with van der Waals surface area (Å²) in [5.74, 6) is -0.118. The zero-order valence-electron chi connectivity index (χ0n) is 16.6. The van der Waals surface area contributed by atoms with Crippen LogP contribution in [-0.4, -0.2) is 32.9 Å². The van der Waals surface area contributed by atoms with Crippen molar-refractivity contribution in [3.05, 3.63) is 63.3 Å². The Labute approximate surface area is 161 Å². The summed E-state index contributed by atoms with van der Waals surface area (Å²) in [5.41, 5.74) is 3.16. The fourth-order valence-corrected chi connectivity index (χ4v) is 4.18. The quantitative estimate of drug-likeness (QED) is 0.815. The molecule has 0 aromatic carbocycles. The number of pyridine rings is 2. The number of carbonyl (C=O) groups is 1. The lowest BCUT2D eigenvalue weighted by molar-refractivity contribution is 0.0599. The molecule has 1 aliphatic heterocycles. The second-order valence-corrected chi connectivity index (χ2v) is 7.41. The van der Waals surface area contributed by atoms with Crippen molar-refractivity contribution in [2.75, 3.05) is 6.54 Å². The number of amides is 1. The van der Waals surface area contributed by atoms with E-state index in [1.807, 2.05) is 36.9 Å². The number of carbonyl (C=O) groups excluding carboxylic acids is 1. The standard InChI is InChI=1S/C22H29N3O2/c1-4-20-16(2)15-19(21(26)24(20)3)22(27)25-14-8-6-10-18(25)12-11-17-9-5-7-13-23-17/h5,7,9,13,15,18H,4,6,8,10-12,14H2,1-3H3/t18-/m1/s1. The van der Waals surface area contributed by atoms with Gasteiger partial charge in [0.1, 0.15) is 5.56 Å². The van der Waals surface area contributed by atoms with Crippen LogP contribution in [0.15, 0.2) is 35.3 Å². The third-order valence-electron chi connectivity index (χ3n) is 5.67. The summed E-state index contributed by atoms with van der Waals surface area (Å²) < 4.78 is 1.63. The average Bonchev–Trinajstić information content (AvgIpc) is 2.70. The average molecular weight is 367 g/mol. The first kappa shape index (κ1) is 19.3. The van der Waals surface area contributed by atoms with E-state index in [0.29, 0.717) is 5.56 Å². The summed E-state index contributed by atoms with van der Waals surface area (Å²) in [5, 5.41) is 0.